The van der Waals surface area contributed by atoms with Crippen LogP contribution in [-0.2, 0) is 0 Å². The lowest BCUT2D eigenvalue weighted by Gasteiger charge is -2.16. The van der Waals surface area contributed by atoms with Gasteiger partial charge in [-0.3, -0.25) is 4.90 Å². The molecule has 0 fully saturated rings. The van der Waals surface area contributed by atoms with E-state index in [2.05, 4.69) is 17.2 Å². The van der Waals surface area contributed by atoms with E-state index >= 15 is 0 Å². The van der Waals surface area contributed by atoms with Gasteiger partial charge in [-0.25, -0.2) is 9.78 Å². The van der Waals surface area contributed by atoms with Gasteiger partial charge in [0.1, 0.15) is 10.8 Å². The van der Waals surface area contributed by atoms with E-state index < -0.39 is 0 Å². The zero-order chi connectivity index (χ0) is 16.7. The lowest BCUT2D eigenvalue weighted by molar-refractivity contribution is 0.249. The maximum absolute atomic E-state index is 11.6. The molecule has 0 aliphatic carbocycles. The number of rotatable bonds is 6. The van der Waals surface area contributed by atoms with Crippen molar-refractivity contribution in [2.24, 2.45) is 0 Å². The molecule has 122 valence electrons. The first-order chi connectivity index (χ1) is 11.1. The molecular formula is C17H21N3O2S. The summed E-state index contributed by atoms with van der Waals surface area (Å²) in [7, 11) is 3.32. The fourth-order valence-electron chi connectivity index (χ4n) is 1.88. The Morgan fingerprint density at radius 2 is 2.00 bits per heavy atom. The summed E-state index contributed by atoms with van der Waals surface area (Å²) < 4.78 is 5.78. The smallest absolute Gasteiger partial charge is 0.321 e. The Kier molecular flexibility index (Phi) is 6.29. The molecule has 0 bridgehead atoms. The standard InChI is InChI=1S/C17H21N3O2S/c1-4-12-23-16-7-5-6-15(19-16)22-14-10-8-13(9-11-14)20(3)17(21)18-2/h5-11H,4,12H2,1-3H3,(H,18,21). The van der Waals surface area contributed by atoms with Crippen molar-refractivity contribution in [1.29, 1.82) is 0 Å². The number of hydrogen-bond donors (Lipinski definition) is 1. The summed E-state index contributed by atoms with van der Waals surface area (Å²) in [6.45, 7) is 2.14. The van der Waals surface area contributed by atoms with Gasteiger partial charge in [-0.05, 0) is 42.5 Å². The van der Waals surface area contributed by atoms with Gasteiger partial charge in [0.15, 0.2) is 0 Å². The number of urea groups is 1. The van der Waals surface area contributed by atoms with E-state index in [1.165, 1.54) is 4.90 Å². The van der Waals surface area contributed by atoms with Crippen molar-refractivity contribution in [2.75, 3.05) is 24.7 Å². The molecule has 6 heteroatoms. The predicted octanol–water partition coefficient (Wildman–Crippen LogP) is 4.15. The SMILES string of the molecule is CCCSc1cccc(Oc2ccc(N(C)C(=O)NC)cc2)n1. The minimum atomic E-state index is -0.166. The largest absolute Gasteiger partial charge is 0.439 e. The van der Waals surface area contributed by atoms with E-state index in [-0.39, 0.29) is 6.03 Å². The highest BCUT2D eigenvalue weighted by Crippen LogP contribution is 2.25. The van der Waals surface area contributed by atoms with E-state index in [9.17, 15) is 4.79 Å². The van der Waals surface area contributed by atoms with Crippen LogP contribution in [0.4, 0.5) is 10.5 Å². The maximum Gasteiger partial charge on any atom is 0.321 e. The van der Waals surface area contributed by atoms with Gasteiger partial charge in [-0.15, -0.1) is 11.8 Å². The minimum absolute atomic E-state index is 0.166. The van der Waals surface area contributed by atoms with Gasteiger partial charge >= 0.3 is 6.03 Å². The molecule has 0 radical (unpaired) electrons. The van der Waals surface area contributed by atoms with Gasteiger partial charge in [0.05, 0.1) is 0 Å². The quantitative estimate of drug-likeness (QED) is 0.808. The molecule has 1 aromatic carbocycles. The number of nitrogens with one attached hydrogen (secondary N) is 1. The molecule has 0 unspecified atom stereocenters. The van der Waals surface area contributed by atoms with Crippen LogP contribution in [0.5, 0.6) is 11.6 Å². The Bertz CT molecular complexity index is 647. The van der Waals surface area contributed by atoms with E-state index in [0.717, 1.165) is 22.9 Å². The van der Waals surface area contributed by atoms with Gasteiger partial charge in [0, 0.05) is 25.8 Å². The second kappa shape index (κ2) is 8.43. The molecule has 1 heterocycles. The van der Waals surface area contributed by atoms with Crippen molar-refractivity contribution < 1.29 is 9.53 Å². The third kappa shape index (κ3) is 4.89. The second-order valence-electron chi connectivity index (χ2n) is 4.87. The molecule has 2 rings (SSSR count). The van der Waals surface area contributed by atoms with Crippen LogP contribution in [0.15, 0.2) is 47.5 Å². The van der Waals surface area contributed by atoms with E-state index in [0.29, 0.717) is 11.6 Å². The van der Waals surface area contributed by atoms with Crippen LogP contribution in [0.3, 0.4) is 0 Å². The number of benzene rings is 1. The summed E-state index contributed by atoms with van der Waals surface area (Å²) in [5, 5.41) is 3.54. The van der Waals surface area contributed by atoms with Crippen molar-refractivity contribution in [2.45, 2.75) is 18.4 Å². The van der Waals surface area contributed by atoms with Crippen molar-refractivity contribution in [1.82, 2.24) is 10.3 Å². The van der Waals surface area contributed by atoms with Gasteiger partial charge < -0.3 is 10.1 Å². The number of carbonyl (C=O) groups is 1. The van der Waals surface area contributed by atoms with Gasteiger partial charge in [0.2, 0.25) is 5.88 Å². The van der Waals surface area contributed by atoms with Gasteiger partial charge in [-0.1, -0.05) is 13.0 Å². The van der Waals surface area contributed by atoms with Gasteiger partial charge in [-0.2, -0.15) is 0 Å². The van der Waals surface area contributed by atoms with Crippen LogP contribution in [0, 0.1) is 0 Å². The summed E-state index contributed by atoms with van der Waals surface area (Å²) in [5.74, 6) is 2.29. The molecule has 5 nitrogen and oxygen atoms in total. The summed E-state index contributed by atoms with van der Waals surface area (Å²) >= 11 is 1.71. The molecule has 0 saturated heterocycles. The van der Waals surface area contributed by atoms with E-state index in [1.54, 1.807) is 25.9 Å². The van der Waals surface area contributed by atoms with Crippen molar-refractivity contribution >= 4 is 23.5 Å². The Balaban J connectivity index is 2.05. The molecule has 2 amide bonds. The number of nitrogens with zero attached hydrogens (tertiary/aromatic N) is 2. The number of anilines is 1. The highest BCUT2D eigenvalue weighted by Gasteiger charge is 2.08. The Morgan fingerprint density at radius 1 is 1.26 bits per heavy atom. The van der Waals surface area contributed by atoms with E-state index in [1.807, 2.05) is 42.5 Å². The molecule has 0 aliphatic rings. The van der Waals surface area contributed by atoms with Gasteiger partial charge in [0.25, 0.3) is 0 Å². The fourth-order valence-corrected chi connectivity index (χ4v) is 2.63. The minimum Gasteiger partial charge on any atom is -0.439 e. The number of hydrogen-bond acceptors (Lipinski definition) is 4. The molecule has 23 heavy (non-hydrogen) atoms. The monoisotopic (exact) mass is 331 g/mol. The fraction of sp³-hybridized carbons (Fsp3) is 0.294. The third-order valence-electron chi connectivity index (χ3n) is 3.12. The summed E-state index contributed by atoms with van der Waals surface area (Å²) in [6.07, 6.45) is 1.11. The van der Waals surface area contributed by atoms with Crippen LogP contribution < -0.4 is 15.0 Å². The lowest BCUT2D eigenvalue weighted by atomic mass is 10.3. The van der Waals surface area contributed by atoms with Crippen LogP contribution >= 0.6 is 11.8 Å². The van der Waals surface area contributed by atoms with Crippen molar-refractivity contribution in [3.63, 3.8) is 0 Å². The molecule has 2 aromatic rings. The molecule has 0 atom stereocenters. The topological polar surface area (TPSA) is 54.5 Å². The Hall–Kier alpha value is -2.21. The molecule has 1 aromatic heterocycles. The molecule has 0 aliphatic heterocycles. The highest BCUT2D eigenvalue weighted by molar-refractivity contribution is 7.99. The average Bonchev–Trinajstić information content (AvgIpc) is 2.59. The molecular weight excluding hydrogens is 310 g/mol. The highest BCUT2D eigenvalue weighted by atomic mass is 32.2. The third-order valence-corrected chi connectivity index (χ3v) is 4.25. The zero-order valence-corrected chi connectivity index (χ0v) is 14.4. The number of carbonyl (C=O) groups excluding carboxylic acids is 1. The lowest BCUT2D eigenvalue weighted by Crippen LogP contribution is -2.34. The zero-order valence-electron chi connectivity index (χ0n) is 13.6. The summed E-state index contributed by atoms with van der Waals surface area (Å²) in [5.41, 5.74) is 0.789. The van der Waals surface area contributed by atoms with Crippen LogP contribution in [0.2, 0.25) is 0 Å². The van der Waals surface area contributed by atoms with E-state index in [4.69, 9.17) is 4.74 Å². The summed E-state index contributed by atoms with van der Waals surface area (Å²) in [6, 6.07) is 12.9. The Morgan fingerprint density at radius 3 is 2.65 bits per heavy atom. The number of ether oxygens (including phenoxy) is 1. The Labute approximate surface area is 141 Å². The number of aromatic nitrogens is 1. The number of amides is 2. The van der Waals surface area contributed by atoms with Crippen LogP contribution in [0.1, 0.15) is 13.3 Å². The molecule has 0 spiro atoms. The first-order valence-electron chi connectivity index (χ1n) is 7.47. The first kappa shape index (κ1) is 17.1. The number of thioether (sulfide) groups is 1. The average molecular weight is 331 g/mol. The van der Waals surface area contributed by atoms with Crippen molar-refractivity contribution in [3.05, 3.63) is 42.5 Å². The maximum atomic E-state index is 11.6. The van der Waals surface area contributed by atoms with Crippen LogP contribution in [0.25, 0.3) is 0 Å². The predicted molar refractivity (Wildman–Crippen MR) is 94.6 cm³/mol. The molecule has 1 N–H and O–H groups in total. The van der Waals surface area contributed by atoms with Crippen LogP contribution in [-0.4, -0.2) is 30.9 Å². The van der Waals surface area contributed by atoms with Crippen molar-refractivity contribution in [3.8, 4) is 11.6 Å². The summed E-state index contributed by atoms with van der Waals surface area (Å²) in [4.78, 5) is 17.6. The normalized spacial score (nSPS) is 10.2. The second-order valence-corrected chi connectivity index (χ2v) is 5.99. The molecule has 0 saturated carbocycles. The first-order valence-corrected chi connectivity index (χ1v) is 8.45. The number of pyridine rings is 1.